The van der Waals surface area contributed by atoms with Crippen LogP contribution < -0.4 is 5.73 Å². The van der Waals surface area contributed by atoms with Crippen LogP contribution in [-0.2, 0) is 4.79 Å². The summed E-state index contributed by atoms with van der Waals surface area (Å²) in [5.74, 6) is 1.08. The van der Waals surface area contributed by atoms with Crippen LogP contribution in [0.15, 0.2) is 0 Å². The molecule has 0 radical (unpaired) electrons. The Morgan fingerprint density at radius 1 is 1.29 bits per heavy atom. The summed E-state index contributed by atoms with van der Waals surface area (Å²) in [7, 11) is 2.09. The molecule has 0 bridgehead atoms. The normalized spacial score (nSPS) is 32.8. The molecule has 17 heavy (non-hydrogen) atoms. The average Bonchev–Trinajstić information content (AvgIpc) is 2.75. The van der Waals surface area contributed by atoms with Gasteiger partial charge in [0.15, 0.2) is 0 Å². The average molecular weight is 239 g/mol. The van der Waals surface area contributed by atoms with E-state index in [4.69, 9.17) is 5.73 Å². The number of carbonyl (C=O) groups is 1. The summed E-state index contributed by atoms with van der Waals surface area (Å²) in [5, 5.41) is 0. The molecule has 2 fully saturated rings. The summed E-state index contributed by atoms with van der Waals surface area (Å²) >= 11 is 0. The standard InChI is InChI=1S/C13H25N3O/c1-10(14)11-4-3-6-16(9-11)13(17)12-5-7-15(2)8-12/h10-12H,3-9,14H2,1-2H3. The number of likely N-dealkylation sites (tertiary alicyclic amines) is 2. The number of amides is 1. The van der Waals surface area contributed by atoms with Crippen molar-refractivity contribution in [2.75, 3.05) is 33.2 Å². The molecule has 2 N–H and O–H groups in total. The maximum atomic E-state index is 12.4. The Kier molecular flexibility index (Phi) is 4.05. The molecular formula is C13H25N3O. The van der Waals surface area contributed by atoms with Crippen LogP contribution in [0, 0.1) is 11.8 Å². The second-order valence-corrected chi connectivity index (χ2v) is 5.79. The summed E-state index contributed by atoms with van der Waals surface area (Å²) in [6.45, 7) is 5.85. The summed E-state index contributed by atoms with van der Waals surface area (Å²) in [6, 6.07) is 0.205. The molecule has 3 atom stereocenters. The summed E-state index contributed by atoms with van der Waals surface area (Å²) < 4.78 is 0. The minimum absolute atomic E-state index is 0.205. The van der Waals surface area contributed by atoms with Crippen LogP contribution in [-0.4, -0.2) is 55.0 Å². The van der Waals surface area contributed by atoms with Crippen molar-refractivity contribution in [3.05, 3.63) is 0 Å². The first kappa shape index (κ1) is 12.8. The number of hydrogen-bond acceptors (Lipinski definition) is 3. The summed E-state index contributed by atoms with van der Waals surface area (Å²) in [6.07, 6.45) is 3.31. The molecule has 2 aliphatic heterocycles. The number of nitrogens with zero attached hydrogens (tertiary/aromatic N) is 2. The van der Waals surface area contributed by atoms with Gasteiger partial charge in [-0.2, -0.15) is 0 Å². The molecule has 98 valence electrons. The minimum atomic E-state index is 0.205. The van der Waals surface area contributed by atoms with Crippen molar-refractivity contribution in [1.29, 1.82) is 0 Å². The Morgan fingerprint density at radius 3 is 2.65 bits per heavy atom. The van der Waals surface area contributed by atoms with E-state index >= 15 is 0 Å². The lowest BCUT2D eigenvalue weighted by Gasteiger charge is -2.36. The Morgan fingerprint density at radius 2 is 2.06 bits per heavy atom. The Bertz CT molecular complexity index is 280. The first-order valence-electron chi connectivity index (χ1n) is 6.81. The Labute approximate surface area is 104 Å². The third kappa shape index (κ3) is 2.99. The highest BCUT2D eigenvalue weighted by Gasteiger charge is 2.32. The highest BCUT2D eigenvalue weighted by atomic mass is 16.2. The van der Waals surface area contributed by atoms with E-state index in [1.54, 1.807) is 0 Å². The van der Waals surface area contributed by atoms with E-state index < -0.39 is 0 Å². The van der Waals surface area contributed by atoms with E-state index in [2.05, 4.69) is 23.8 Å². The lowest BCUT2D eigenvalue weighted by molar-refractivity contribution is -0.137. The molecule has 1 amide bonds. The smallest absolute Gasteiger partial charge is 0.227 e. The lowest BCUT2D eigenvalue weighted by atomic mass is 9.91. The zero-order valence-corrected chi connectivity index (χ0v) is 11.1. The number of rotatable bonds is 2. The predicted molar refractivity (Wildman–Crippen MR) is 68.6 cm³/mol. The number of hydrogen-bond donors (Lipinski definition) is 1. The quantitative estimate of drug-likeness (QED) is 0.764. The van der Waals surface area contributed by atoms with E-state index in [0.29, 0.717) is 11.8 Å². The molecule has 0 aromatic carbocycles. The highest BCUT2D eigenvalue weighted by molar-refractivity contribution is 5.79. The summed E-state index contributed by atoms with van der Waals surface area (Å²) in [4.78, 5) is 16.7. The molecule has 0 aliphatic carbocycles. The number of carbonyl (C=O) groups excluding carboxylic acids is 1. The minimum Gasteiger partial charge on any atom is -0.342 e. The third-order valence-corrected chi connectivity index (χ3v) is 4.25. The van der Waals surface area contributed by atoms with Gasteiger partial charge in [0.05, 0.1) is 5.92 Å². The van der Waals surface area contributed by atoms with Crippen LogP contribution in [0.5, 0.6) is 0 Å². The monoisotopic (exact) mass is 239 g/mol. The third-order valence-electron chi connectivity index (χ3n) is 4.25. The first-order chi connectivity index (χ1) is 8.08. The van der Waals surface area contributed by atoms with Crippen LogP contribution in [0.2, 0.25) is 0 Å². The van der Waals surface area contributed by atoms with Gasteiger partial charge in [-0.3, -0.25) is 4.79 Å². The van der Waals surface area contributed by atoms with Crippen molar-refractivity contribution >= 4 is 5.91 Å². The maximum absolute atomic E-state index is 12.4. The fourth-order valence-electron chi connectivity index (χ4n) is 3.03. The van der Waals surface area contributed by atoms with Gasteiger partial charge in [-0.15, -0.1) is 0 Å². The van der Waals surface area contributed by atoms with Crippen LogP contribution in [0.1, 0.15) is 26.2 Å². The van der Waals surface area contributed by atoms with Gasteiger partial charge in [0.1, 0.15) is 0 Å². The van der Waals surface area contributed by atoms with Gasteiger partial charge in [-0.1, -0.05) is 0 Å². The van der Waals surface area contributed by atoms with Crippen molar-refractivity contribution in [3.8, 4) is 0 Å². The van der Waals surface area contributed by atoms with E-state index in [1.165, 1.54) is 6.42 Å². The SMILES string of the molecule is CC(N)C1CCCN(C(=O)C2CCN(C)C2)C1. The number of nitrogens with two attached hydrogens (primary N) is 1. The molecule has 0 aromatic heterocycles. The maximum Gasteiger partial charge on any atom is 0.227 e. The molecule has 0 saturated carbocycles. The Hall–Kier alpha value is -0.610. The molecule has 3 unspecified atom stereocenters. The van der Waals surface area contributed by atoms with Crippen LogP contribution in [0.25, 0.3) is 0 Å². The van der Waals surface area contributed by atoms with Gasteiger partial charge in [-0.05, 0) is 45.7 Å². The van der Waals surface area contributed by atoms with E-state index in [1.807, 2.05) is 0 Å². The fourth-order valence-corrected chi connectivity index (χ4v) is 3.03. The predicted octanol–water partition coefficient (Wildman–Crippen LogP) is 0.524. The molecule has 2 saturated heterocycles. The second kappa shape index (κ2) is 5.36. The van der Waals surface area contributed by atoms with Gasteiger partial charge in [0, 0.05) is 25.7 Å². The lowest BCUT2D eigenvalue weighted by Crippen LogP contribution is -2.47. The molecule has 2 rings (SSSR count). The molecule has 2 aliphatic rings. The van der Waals surface area contributed by atoms with Crippen molar-refractivity contribution < 1.29 is 4.79 Å². The summed E-state index contributed by atoms with van der Waals surface area (Å²) in [5.41, 5.74) is 5.96. The van der Waals surface area contributed by atoms with Crippen molar-refractivity contribution in [2.45, 2.75) is 32.2 Å². The van der Waals surface area contributed by atoms with Crippen molar-refractivity contribution in [3.63, 3.8) is 0 Å². The van der Waals surface area contributed by atoms with Crippen LogP contribution in [0.3, 0.4) is 0 Å². The number of piperidine rings is 1. The zero-order chi connectivity index (χ0) is 12.4. The molecule has 0 aromatic rings. The first-order valence-corrected chi connectivity index (χ1v) is 6.81. The van der Waals surface area contributed by atoms with Crippen LogP contribution >= 0.6 is 0 Å². The molecular weight excluding hydrogens is 214 g/mol. The fraction of sp³-hybridized carbons (Fsp3) is 0.923. The van der Waals surface area contributed by atoms with Crippen molar-refractivity contribution in [2.24, 2.45) is 17.6 Å². The van der Waals surface area contributed by atoms with Gasteiger partial charge < -0.3 is 15.5 Å². The Balaban J connectivity index is 1.90. The van der Waals surface area contributed by atoms with E-state index in [-0.39, 0.29) is 12.0 Å². The van der Waals surface area contributed by atoms with Crippen molar-refractivity contribution in [1.82, 2.24) is 9.80 Å². The van der Waals surface area contributed by atoms with Gasteiger partial charge in [0.25, 0.3) is 0 Å². The van der Waals surface area contributed by atoms with E-state index in [9.17, 15) is 4.79 Å². The van der Waals surface area contributed by atoms with Gasteiger partial charge >= 0.3 is 0 Å². The molecule has 4 nitrogen and oxygen atoms in total. The highest BCUT2D eigenvalue weighted by Crippen LogP contribution is 2.23. The molecule has 2 heterocycles. The molecule has 0 spiro atoms. The van der Waals surface area contributed by atoms with Crippen LogP contribution in [0.4, 0.5) is 0 Å². The van der Waals surface area contributed by atoms with E-state index in [0.717, 1.165) is 39.0 Å². The molecule has 4 heteroatoms. The largest absolute Gasteiger partial charge is 0.342 e. The second-order valence-electron chi connectivity index (χ2n) is 5.79. The van der Waals surface area contributed by atoms with Gasteiger partial charge in [0.2, 0.25) is 5.91 Å². The topological polar surface area (TPSA) is 49.6 Å². The zero-order valence-electron chi connectivity index (χ0n) is 11.1. The van der Waals surface area contributed by atoms with Gasteiger partial charge in [-0.25, -0.2) is 0 Å².